The zero-order chi connectivity index (χ0) is 22.6. The Hall–Kier alpha value is -2.31. The number of hydrogen-bond acceptors (Lipinski definition) is 6. The number of nitrogens with one attached hydrogen (secondary N) is 1. The normalized spacial score (nSPS) is 13.2. The van der Waals surface area contributed by atoms with Crippen LogP contribution in [0.5, 0.6) is 0 Å². The number of halogens is 5. The minimum atomic E-state index is -4.67. The zero-order valence-electron chi connectivity index (χ0n) is 15.6. The van der Waals surface area contributed by atoms with Gasteiger partial charge in [-0.05, 0) is 18.6 Å². The van der Waals surface area contributed by atoms with Crippen molar-refractivity contribution in [1.82, 2.24) is 15.3 Å². The van der Waals surface area contributed by atoms with Crippen LogP contribution in [0.2, 0.25) is 10.0 Å². The lowest BCUT2D eigenvalue weighted by atomic mass is 10.2. The number of nitrogens with zero attached hydrogens (tertiary/aromatic N) is 3. The van der Waals surface area contributed by atoms with Gasteiger partial charge in [-0.2, -0.15) is 28.4 Å². The van der Waals surface area contributed by atoms with Gasteiger partial charge in [-0.25, -0.2) is 9.79 Å². The van der Waals surface area contributed by atoms with Gasteiger partial charge in [0.25, 0.3) is 5.96 Å². The van der Waals surface area contributed by atoms with E-state index in [-0.39, 0.29) is 28.8 Å². The van der Waals surface area contributed by atoms with Crippen LogP contribution in [-0.4, -0.2) is 32.2 Å². The fraction of sp³-hybridized carbons (Fsp3) is 0.312. The molecular formula is C16H16Cl2F3N5O3S. The Morgan fingerprint density at radius 2 is 1.97 bits per heavy atom. The number of aliphatic imine (C=N–C) groups is 1. The van der Waals surface area contributed by atoms with Crippen LogP contribution in [-0.2, 0) is 26.6 Å². The molecule has 14 heteroatoms. The topological polar surface area (TPSA) is 112 Å². The number of rotatable bonds is 4. The first-order valence-corrected chi connectivity index (χ1v) is 10.5. The summed E-state index contributed by atoms with van der Waals surface area (Å²) in [6.45, 7) is 1.76. The van der Waals surface area contributed by atoms with Gasteiger partial charge < -0.3 is 10.6 Å². The number of alkyl halides is 3. The van der Waals surface area contributed by atoms with E-state index in [1.807, 2.05) is 0 Å². The molecule has 0 saturated carbocycles. The van der Waals surface area contributed by atoms with Crippen molar-refractivity contribution in [3.8, 4) is 0 Å². The average molecular weight is 486 g/mol. The maximum Gasteiger partial charge on any atom is 0.416 e. The number of hydroxylamine groups is 1. The van der Waals surface area contributed by atoms with Crippen LogP contribution in [0.25, 0.3) is 0 Å². The van der Waals surface area contributed by atoms with Crippen LogP contribution in [0.1, 0.15) is 25.3 Å². The van der Waals surface area contributed by atoms with E-state index in [1.54, 1.807) is 6.92 Å². The highest BCUT2D eigenvalue weighted by Crippen LogP contribution is 2.40. The molecule has 0 spiro atoms. The van der Waals surface area contributed by atoms with E-state index in [0.717, 1.165) is 4.68 Å². The summed E-state index contributed by atoms with van der Waals surface area (Å²) in [5.41, 5.74) is 6.83. The molecule has 0 fully saturated rings. The first kappa shape index (κ1) is 24.0. The van der Waals surface area contributed by atoms with Crippen LogP contribution in [0, 0.1) is 0 Å². The molecule has 0 bridgehead atoms. The molecule has 30 heavy (non-hydrogen) atoms. The Bertz CT molecular complexity index is 987. The third-order valence-electron chi connectivity index (χ3n) is 3.55. The Morgan fingerprint density at radius 3 is 2.43 bits per heavy atom. The summed E-state index contributed by atoms with van der Waals surface area (Å²) < 4.78 is 51.5. The smallest absolute Gasteiger partial charge is 0.382 e. The van der Waals surface area contributed by atoms with Crippen LogP contribution in [0.15, 0.2) is 28.2 Å². The number of anilines is 1. The predicted octanol–water partition coefficient (Wildman–Crippen LogP) is 3.91. The zero-order valence-corrected chi connectivity index (χ0v) is 17.9. The summed E-state index contributed by atoms with van der Waals surface area (Å²) in [5, 5.41) is 3.09. The van der Waals surface area contributed by atoms with Gasteiger partial charge in [0.05, 0.1) is 32.6 Å². The van der Waals surface area contributed by atoms with Crippen LogP contribution in [0.3, 0.4) is 0 Å². The van der Waals surface area contributed by atoms with Gasteiger partial charge in [-0.3, -0.25) is 4.21 Å². The minimum Gasteiger partial charge on any atom is -0.382 e. The lowest BCUT2D eigenvalue weighted by Crippen LogP contribution is -2.34. The Balaban J connectivity index is 2.55. The number of nitrogens with two attached hydrogens (primary N) is 1. The van der Waals surface area contributed by atoms with E-state index in [0.29, 0.717) is 18.6 Å². The van der Waals surface area contributed by atoms with E-state index in [1.165, 1.54) is 12.5 Å². The van der Waals surface area contributed by atoms with Crippen molar-refractivity contribution in [2.75, 3.05) is 12.0 Å². The van der Waals surface area contributed by atoms with E-state index < -0.39 is 38.6 Å². The number of aromatic nitrogens is 2. The molecule has 0 aliphatic rings. The number of carbonyl (C=O) groups is 1. The van der Waals surface area contributed by atoms with Crippen molar-refractivity contribution in [2.24, 2.45) is 4.99 Å². The molecule has 3 N–H and O–H groups in total. The lowest BCUT2D eigenvalue weighted by molar-refractivity contribution is -0.148. The summed E-state index contributed by atoms with van der Waals surface area (Å²) in [6.07, 6.45) is -1.51. The molecule has 0 aliphatic carbocycles. The maximum atomic E-state index is 12.9. The molecule has 1 aromatic heterocycles. The van der Waals surface area contributed by atoms with E-state index in [2.05, 4.69) is 15.6 Å². The van der Waals surface area contributed by atoms with Gasteiger partial charge in [-0.1, -0.05) is 30.1 Å². The first-order chi connectivity index (χ1) is 14.0. The van der Waals surface area contributed by atoms with Gasteiger partial charge in [0.1, 0.15) is 16.4 Å². The molecule has 1 unspecified atom stereocenters. The second-order valence-electron chi connectivity index (χ2n) is 5.81. The SMILES string of the molecule is CCCC(=O)ONC(=Nc1c(Cl)cc(C(F)(F)F)cc1Cl)n1ncc(S(C)=O)c1N. The molecule has 1 atom stereocenters. The fourth-order valence-corrected chi connectivity index (χ4v) is 3.29. The summed E-state index contributed by atoms with van der Waals surface area (Å²) in [4.78, 5) is 20.8. The van der Waals surface area contributed by atoms with Gasteiger partial charge in [0.2, 0.25) is 0 Å². The maximum absolute atomic E-state index is 12.9. The standard InChI is InChI=1S/C16H16Cl2F3N5O3S/c1-3-4-12(27)29-25-15(26-14(22)11(7-23-26)30(2)28)24-13-9(17)5-8(6-10(13)18)16(19,20)21/h5-7H,3-4,22H2,1-2H3,(H,24,25). The Kier molecular flexibility index (Phi) is 7.72. The van der Waals surface area contributed by atoms with Crippen molar-refractivity contribution in [3.05, 3.63) is 33.9 Å². The highest BCUT2D eigenvalue weighted by atomic mass is 35.5. The van der Waals surface area contributed by atoms with Crippen LogP contribution in [0.4, 0.5) is 24.7 Å². The van der Waals surface area contributed by atoms with Crippen molar-refractivity contribution in [1.29, 1.82) is 0 Å². The summed E-state index contributed by atoms with van der Waals surface area (Å²) >= 11 is 11.9. The predicted molar refractivity (Wildman–Crippen MR) is 107 cm³/mol. The lowest BCUT2D eigenvalue weighted by Gasteiger charge is -2.13. The third kappa shape index (κ3) is 5.64. The van der Waals surface area contributed by atoms with Crippen molar-refractivity contribution in [2.45, 2.75) is 30.8 Å². The molecule has 0 radical (unpaired) electrons. The van der Waals surface area contributed by atoms with Crippen LogP contribution >= 0.6 is 23.2 Å². The fourth-order valence-electron chi connectivity index (χ4n) is 2.15. The third-order valence-corrected chi connectivity index (χ3v) is 5.06. The molecule has 1 heterocycles. The van der Waals surface area contributed by atoms with Gasteiger partial charge >= 0.3 is 12.1 Å². The highest BCUT2D eigenvalue weighted by Gasteiger charge is 2.32. The van der Waals surface area contributed by atoms with Crippen molar-refractivity contribution >= 4 is 57.4 Å². The minimum absolute atomic E-state index is 0.0842. The number of carbonyl (C=O) groups excluding carboxylic acids is 1. The largest absolute Gasteiger partial charge is 0.416 e. The van der Waals surface area contributed by atoms with E-state index in [9.17, 15) is 22.2 Å². The summed E-state index contributed by atoms with van der Waals surface area (Å²) in [7, 11) is -1.50. The highest BCUT2D eigenvalue weighted by molar-refractivity contribution is 7.84. The van der Waals surface area contributed by atoms with Crippen molar-refractivity contribution < 1.29 is 27.0 Å². The molecular weight excluding hydrogens is 470 g/mol. The van der Waals surface area contributed by atoms with Crippen molar-refractivity contribution in [3.63, 3.8) is 0 Å². The molecule has 0 amide bonds. The molecule has 164 valence electrons. The van der Waals surface area contributed by atoms with E-state index in [4.69, 9.17) is 33.8 Å². The molecule has 2 aromatic rings. The average Bonchev–Trinajstić information content (AvgIpc) is 3.01. The number of nitrogen functional groups attached to an aromatic ring is 1. The molecule has 0 aliphatic heterocycles. The Morgan fingerprint density at radius 1 is 1.37 bits per heavy atom. The number of hydrogen-bond donors (Lipinski definition) is 2. The van der Waals surface area contributed by atoms with Gasteiger partial charge in [0.15, 0.2) is 0 Å². The van der Waals surface area contributed by atoms with Gasteiger partial charge in [0, 0.05) is 12.7 Å². The molecule has 1 aromatic carbocycles. The second-order valence-corrected chi connectivity index (χ2v) is 7.97. The quantitative estimate of drug-likeness (QED) is 0.385. The van der Waals surface area contributed by atoms with Gasteiger partial charge in [-0.15, -0.1) is 0 Å². The van der Waals surface area contributed by atoms with Crippen LogP contribution < -0.4 is 11.2 Å². The summed E-state index contributed by atoms with van der Waals surface area (Å²) in [5.74, 6) is -1.08. The summed E-state index contributed by atoms with van der Waals surface area (Å²) in [6, 6.07) is 1.29. The first-order valence-electron chi connectivity index (χ1n) is 8.23. The van der Waals surface area contributed by atoms with E-state index >= 15 is 0 Å². The second kappa shape index (κ2) is 9.67. The molecule has 8 nitrogen and oxygen atoms in total. The molecule has 0 saturated heterocycles. The molecule has 2 rings (SSSR count). The monoisotopic (exact) mass is 485 g/mol. The Labute approximate surface area is 181 Å². The number of benzene rings is 1.